The first kappa shape index (κ1) is 25.2. The Morgan fingerprint density at radius 3 is 2.41 bits per heavy atom. The molecule has 13 nitrogen and oxygen atoms in total. The molecule has 15 heteroatoms. The summed E-state index contributed by atoms with van der Waals surface area (Å²) in [4.78, 5) is 62.1. The largest absolute Gasteiger partial charge is 0.480 e. The van der Waals surface area contributed by atoms with Crippen LogP contribution in [0.5, 0.6) is 0 Å². The number of halogens is 2. The fraction of sp³-hybridized carbons (Fsp3) is 0.318. The Kier molecular flexibility index (Phi) is 6.58. The van der Waals surface area contributed by atoms with E-state index in [0.717, 1.165) is 23.2 Å². The first-order valence-corrected chi connectivity index (χ1v) is 10.8. The van der Waals surface area contributed by atoms with E-state index in [4.69, 9.17) is 11.0 Å². The molecule has 3 heterocycles. The van der Waals surface area contributed by atoms with E-state index >= 15 is 0 Å². The van der Waals surface area contributed by atoms with Crippen LogP contribution in [-0.4, -0.2) is 87.7 Å². The van der Waals surface area contributed by atoms with E-state index in [0.29, 0.717) is 6.07 Å². The molecule has 1 aromatic carbocycles. The van der Waals surface area contributed by atoms with E-state index in [-0.39, 0.29) is 43.7 Å². The fourth-order valence-electron chi connectivity index (χ4n) is 4.52. The van der Waals surface area contributed by atoms with Crippen molar-refractivity contribution in [2.45, 2.75) is 6.17 Å². The molecule has 37 heavy (non-hydrogen) atoms. The molecule has 1 saturated heterocycles. The molecule has 192 valence electrons. The van der Waals surface area contributed by atoms with Crippen molar-refractivity contribution < 1.29 is 38.2 Å². The van der Waals surface area contributed by atoms with Gasteiger partial charge in [0.05, 0.1) is 5.69 Å². The van der Waals surface area contributed by atoms with Crippen molar-refractivity contribution in [2.75, 3.05) is 31.1 Å². The number of anilines is 1. The highest BCUT2D eigenvalue weighted by Crippen LogP contribution is 2.37. The van der Waals surface area contributed by atoms with Crippen LogP contribution < -0.4 is 10.6 Å². The number of ketones is 2. The second-order valence-corrected chi connectivity index (χ2v) is 8.31. The molecule has 0 aliphatic carbocycles. The van der Waals surface area contributed by atoms with Gasteiger partial charge in [-0.2, -0.15) is 5.26 Å². The first-order valence-electron chi connectivity index (χ1n) is 10.8. The van der Waals surface area contributed by atoms with Gasteiger partial charge in [0, 0.05) is 38.4 Å². The van der Waals surface area contributed by atoms with Gasteiger partial charge in [-0.3, -0.25) is 14.4 Å². The van der Waals surface area contributed by atoms with Gasteiger partial charge in [0.1, 0.15) is 35.1 Å². The lowest BCUT2D eigenvalue weighted by molar-refractivity contribution is -0.146. The van der Waals surface area contributed by atoms with Crippen molar-refractivity contribution in [3.05, 3.63) is 41.6 Å². The Bertz CT molecular complexity index is 1330. The van der Waals surface area contributed by atoms with Gasteiger partial charge in [-0.05, 0) is 12.1 Å². The highest BCUT2D eigenvalue weighted by molar-refractivity contribution is 6.30. The molecule has 0 bridgehead atoms. The van der Waals surface area contributed by atoms with Crippen molar-refractivity contribution in [2.24, 2.45) is 27.6 Å². The highest BCUT2D eigenvalue weighted by atomic mass is 19.1. The normalized spacial score (nSPS) is 24.2. The van der Waals surface area contributed by atoms with Gasteiger partial charge in [0.2, 0.25) is 12.2 Å². The molecule has 0 saturated carbocycles. The van der Waals surface area contributed by atoms with Gasteiger partial charge < -0.3 is 30.6 Å². The molecule has 1 fully saturated rings. The first-order chi connectivity index (χ1) is 17.5. The number of nitrogens with zero attached hydrogens (tertiary/aromatic N) is 6. The van der Waals surface area contributed by atoms with Crippen LogP contribution in [0.25, 0.3) is 0 Å². The number of carboxylic acid groups (broad SMARTS) is 2. The maximum Gasteiger partial charge on any atom is 0.340 e. The van der Waals surface area contributed by atoms with Crippen LogP contribution in [0, 0.1) is 34.9 Å². The summed E-state index contributed by atoms with van der Waals surface area (Å²) in [5.74, 6) is -11.6. The summed E-state index contributed by atoms with van der Waals surface area (Å²) in [6, 6.07) is 2.43. The molecule has 1 aromatic rings. The van der Waals surface area contributed by atoms with Crippen LogP contribution >= 0.6 is 0 Å². The Morgan fingerprint density at radius 1 is 1.16 bits per heavy atom. The Morgan fingerprint density at radius 2 is 1.84 bits per heavy atom. The maximum absolute atomic E-state index is 14.7. The number of rotatable bonds is 3. The van der Waals surface area contributed by atoms with Crippen LogP contribution in [0.4, 0.5) is 14.5 Å². The summed E-state index contributed by atoms with van der Waals surface area (Å²) in [6.07, 6.45) is 0.849. The average molecular weight is 515 g/mol. The molecule has 0 spiro atoms. The molecule has 3 atom stereocenters. The number of hydrogen-bond acceptors (Lipinski definition) is 9. The molecular formula is C22H19F2N7O6. The Balaban J connectivity index is 1.80. The Labute approximate surface area is 207 Å². The number of hydrogen-bond donors (Lipinski definition) is 3. The number of fused-ring (bicyclic) bond motifs is 1. The van der Waals surface area contributed by atoms with Crippen LogP contribution in [0.15, 0.2) is 40.0 Å². The minimum atomic E-state index is -1.89. The number of nitriles is 1. The fourth-order valence-corrected chi connectivity index (χ4v) is 4.52. The smallest absolute Gasteiger partial charge is 0.340 e. The van der Waals surface area contributed by atoms with E-state index in [2.05, 4.69) is 9.98 Å². The van der Waals surface area contributed by atoms with Crippen LogP contribution in [0.1, 0.15) is 0 Å². The number of guanidine groups is 1. The highest BCUT2D eigenvalue weighted by Gasteiger charge is 2.54. The zero-order chi connectivity index (χ0) is 27.0. The minimum Gasteiger partial charge on any atom is -0.480 e. The monoisotopic (exact) mass is 515 g/mol. The van der Waals surface area contributed by atoms with Gasteiger partial charge in [0.15, 0.2) is 17.5 Å². The van der Waals surface area contributed by atoms with E-state index in [1.165, 1.54) is 4.90 Å². The van der Waals surface area contributed by atoms with Gasteiger partial charge in [0.25, 0.3) is 0 Å². The lowest BCUT2D eigenvalue weighted by atomic mass is 9.79. The van der Waals surface area contributed by atoms with E-state index in [9.17, 15) is 38.2 Å². The van der Waals surface area contributed by atoms with E-state index in [1.807, 2.05) is 0 Å². The molecule has 3 aliphatic heterocycles. The third kappa shape index (κ3) is 4.44. The number of benzene rings is 1. The molecular weight excluding hydrogens is 496 g/mol. The summed E-state index contributed by atoms with van der Waals surface area (Å²) in [5.41, 5.74) is 4.49. The number of carbonyl (C=O) groups excluding carboxylic acids is 2. The molecule has 4 N–H and O–H groups in total. The average Bonchev–Trinajstić information content (AvgIpc) is 2.84. The van der Waals surface area contributed by atoms with Crippen molar-refractivity contribution in [3.8, 4) is 6.19 Å². The van der Waals surface area contributed by atoms with E-state index < -0.39 is 58.7 Å². The van der Waals surface area contributed by atoms with Crippen molar-refractivity contribution in [3.63, 3.8) is 0 Å². The van der Waals surface area contributed by atoms with Crippen LogP contribution in [0.2, 0.25) is 0 Å². The summed E-state index contributed by atoms with van der Waals surface area (Å²) in [5, 5.41) is 28.1. The third-order valence-corrected chi connectivity index (χ3v) is 6.27. The topological polar surface area (TPSA) is 193 Å². The number of amidine groups is 1. The predicted octanol–water partition coefficient (Wildman–Crippen LogP) is -0.640. The molecule has 0 radical (unpaired) electrons. The number of aliphatic imine (C=N–C) groups is 2. The second-order valence-electron chi connectivity index (χ2n) is 8.31. The van der Waals surface area contributed by atoms with Crippen LogP contribution in [0.3, 0.4) is 0 Å². The number of piperazine rings is 1. The Hall–Kier alpha value is -4.87. The number of carbonyl (C=O) groups is 4. The van der Waals surface area contributed by atoms with Crippen LogP contribution in [-0.2, 0) is 19.2 Å². The maximum atomic E-state index is 14.7. The molecule has 3 unspecified atom stereocenters. The summed E-state index contributed by atoms with van der Waals surface area (Å²) < 4.78 is 28.3. The summed E-state index contributed by atoms with van der Waals surface area (Å²) in [6.45, 7) is 0.625. The van der Waals surface area contributed by atoms with Crippen molar-refractivity contribution in [1.82, 2.24) is 9.80 Å². The zero-order valence-electron chi connectivity index (χ0n) is 18.9. The number of aliphatic carboxylic acids is 2. The third-order valence-electron chi connectivity index (χ3n) is 6.27. The molecule has 3 aliphatic rings. The summed E-state index contributed by atoms with van der Waals surface area (Å²) >= 11 is 0. The number of nitrogens with two attached hydrogens (primary N) is 1. The summed E-state index contributed by atoms with van der Waals surface area (Å²) in [7, 11) is 0. The van der Waals surface area contributed by atoms with E-state index in [1.54, 1.807) is 11.1 Å². The molecule has 0 amide bonds. The van der Waals surface area contributed by atoms with Gasteiger partial charge in [-0.1, -0.05) is 0 Å². The zero-order valence-corrected chi connectivity index (χ0v) is 18.9. The second kappa shape index (κ2) is 9.64. The number of carboxylic acids is 2. The van der Waals surface area contributed by atoms with Crippen molar-refractivity contribution in [1.29, 1.82) is 5.26 Å². The van der Waals surface area contributed by atoms with Crippen molar-refractivity contribution >= 4 is 41.0 Å². The van der Waals surface area contributed by atoms with Gasteiger partial charge >= 0.3 is 11.9 Å². The minimum absolute atomic E-state index is 0.0409. The predicted molar refractivity (Wildman–Crippen MR) is 121 cm³/mol. The SMILES string of the molecule is N#CN=C(N)N1CCN(C2=NC3C(C(=O)C(C(=O)O)=CN3c3ccc(F)cc3F)C(=O)C2C(=O)O)CC1. The molecule has 4 rings (SSSR count). The lowest BCUT2D eigenvalue weighted by Crippen LogP contribution is -2.61. The standard InChI is InChI=1S/C22H19F2N7O6/c23-10-1-2-13(12(24)7-10)31-8-11(20(34)35)16(32)14-17(33)15(21(36)37)18(28-19(14)31)29-3-5-30(6-4-29)22(26)27-9-25/h1-2,7-8,14-15,19H,3-6H2,(H2,26,27)(H,34,35)(H,36,37). The molecule has 0 aromatic heterocycles. The quantitative estimate of drug-likeness (QED) is 0.152. The van der Waals surface area contributed by atoms with Gasteiger partial charge in [-0.15, -0.1) is 4.99 Å². The van der Waals surface area contributed by atoms with Gasteiger partial charge in [-0.25, -0.2) is 18.6 Å². The number of Topliss-reactive ketones (excluding diaryl/α,β-unsaturated/α-hetero) is 2. The lowest BCUT2D eigenvalue weighted by Gasteiger charge is -2.44.